The van der Waals surface area contributed by atoms with Gasteiger partial charge >= 0.3 is 23.9 Å². The Labute approximate surface area is 264 Å². The summed E-state index contributed by atoms with van der Waals surface area (Å²) in [4.78, 5) is 42.8. The summed E-state index contributed by atoms with van der Waals surface area (Å²) in [5, 5.41) is 31.0. The van der Waals surface area contributed by atoms with Gasteiger partial charge in [-0.15, -0.1) is 0 Å². The minimum absolute atomic E-state index is 0.272. The molecule has 244 valence electrons. The van der Waals surface area contributed by atoms with Crippen LogP contribution >= 0.6 is 0 Å². The van der Waals surface area contributed by atoms with Gasteiger partial charge in [0.25, 0.3) is 0 Å². The smallest absolute Gasteiger partial charge is 0.414 e. The van der Waals surface area contributed by atoms with Crippen LogP contribution in [-0.4, -0.2) is 95.9 Å². The van der Waals surface area contributed by atoms with E-state index in [0.29, 0.717) is 31.6 Å². The van der Waals surface area contributed by atoms with Crippen molar-refractivity contribution >= 4 is 44.7 Å². The highest BCUT2D eigenvalue weighted by Crippen LogP contribution is 2.22. The zero-order valence-corrected chi connectivity index (χ0v) is 25.5. The van der Waals surface area contributed by atoms with E-state index in [1.165, 1.54) is 5.56 Å². The number of benzene rings is 3. The zero-order chi connectivity index (χ0) is 34.1. The second kappa shape index (κ2) is 18.4. The number of para-hydroxylation sites is 1. The quantitative estimate of drug-likeness (QED) is 0.147. The number of carboxylic acid groups (broad SMARTS) is 4. The van der Waals surface area contributed by atoms with E-state index >= 15 is 0 Å². The molecule has 0 saturated carbocycles. The Kier molecular flexibility index (Phi) is 14.8. The van der Waals surface area contributed by atoms with Crippen molar-refractivity contribution in [2.75, 3.05) is 33.3 Å². The highest BCUT2D eigenvalue weighted by molar-refractivity contribution is 7.89. The summed E-state index contributed by atoms with van der Waals surface area (Å²) in [7, 11) is -1.66. The lowest BCUT2D eigenvalue weighted by atomic mass is 10.0. The number of fused-ring (bicyclic) bond motifs is 1. The molecule has 5 N–H and O–H groups in total. The maximum Gasteiger partial charge on any atom is 0.414 e. The van der Waals surface area contributed by atoms with E-state index in [0.717, 1.165) is 23.1 Å². The summed E-state index contributed by atoms with van der Waals surface area (Å²) in [6.07, 6.45) is 4.09. The number of ether oxygens (including phenoxy) is 1. The minimum atomic E-state index is -3.62. The van der Waals surface area contributed by atoms with Gasteiger partial charge in [0.15, 0.2) is 0 Å². The maximum absolute atomic E-state index is 12.8. The van der Waals surface area contributed by atoms with E-state index in [1.54, 1.807) is 30.6 Å². The van der Waals surface area contributed by atoms with Crippen molar-refractivity contribution in [3.05, 3.63) is 102 Å². The molecule has 3 aromatic carbocycles. The van der Waals surface area contributed by atoms with Crippen molar-refractivity contribution in [1.82, 2.24) is 14.6 Å². The van der Waals surface area contributed by atoms with Gasteiger partial charge < -0.3 is 30.1 Å². The van der Waals surface area contributed by atoms with Gasteiger partial charge in [-0.25, -0.2) is 32.3 Å². The lowest BCUT2D eigenvalue weighted by Gasteiger charge is -2.18. The number of likely N-dealkylation sites (N-methyl/N-ethyl adjacent to an activating group) is 1. The largest absolute Gasteiger partial charge is 0.492 e. The highest BCUT2D eigenvalue weighted by atomic mass is 32.2. The molecule has 0 fully saturated rings. The third kappa shape index (κ3) is 12.7. The molecule has 0 radical (unpaired) electrons. The molecule has 0 atom stereocenters. The highest BCUT2D eigenvalue weighted by Gasteiger charge is 2.17. The van der Waals surface area contributed by atoms with E-state index in [-0.39, 0.29) is 4.90 Å². The molecule has 0 unspecified atom stereocenters. The van der Waals surface area contributed by atoms with Gasteiger partial charge in [0.1, 0.15) is 12.4 Å². The molecular weight excluding hydrogens is 622 g/mol. The SMILES string of the molecule is CN(CCNS(=O)(=O)c1cccc2cnccc12)CCOc1ccccc1Cc1ccccc1.O=C(O)C(=O)O.O=C(O)C(=O)O. The molecular formula is C31H33N3O11S. The molecule has 1 aromatic heterocycles. The first-order valence-electron chi connectivity index (χ1n) is 13.5. The molecule has 4 aromatic rings. The van der Waals surface area contributed by atoms with Gasteiger partial charge in [-0.1, -0.05) is 60.7 Å². The van der Waals surface area contributed by atoms with Crippen LogP contribution in [0, 0.1) is 0 Å². The van der Waals surface area contributed by atoms with Crippen molar-refractivity contribution in [2.45, 2.75) is 11.3 Å². The average Bonchev–Trinajstić information content (AvgIpc) is 3.02. The predicted octanol–water partition coefficient (Wildman–Crippen LogP) is 2.43. The Morgan fingerprint density at radius 3 is 2.02 bits per heavy atom. The molecule has 14 nitrogen and oxygen atoms in total. The van der Waals surface area contributed by atoms with Crippen molar-refractivity contribution in [3.8, 4) is 5.75 Å². The van der Waals surface area contributed by atoms with Crippen molar-refractivity contribution in [1.29, 1.82) is 0 Å². The number of nitrogens with one attached hydrogen (secondary N) is 1. The molecule has 0 saturated heterocycles. The Bertz CT molecular complexity index is 1680. The number of rotatable bonds is 11. The van der Waals surface area contributed by atoms with Gasteiger partial charge in [-0.3, -0.25) is 4.98 Å². The summed E-state index contributed by atoms with van der Waals surface area (Å²) >= 11 is 0. The molecule has 0 aliphatic rings. The number of carbonyl (C=O) groups is 4. The fraction of sp³-hybridized carbons (Fsp3) is 0.194. The fourth-order valence-corrected chi connectivity index (χ4v) is 5.05. The zero-order valence-electron chi connectivity index (χ0n) is 24.6. The maximum atomic E-state index is 12.8. The Hall–Kier alpha value is -5.38. The topological polar surface area (TPSA) is 221 Å². The lowest BCUT2D eigenvalue weighted by molar-refractivity contribution is -0.159. The number of hydrogen-bond donors (Lipinski definition) is 5. The van der Waals surface area contributed by atoms with Crippen LogP contribution in [0.5, 0.6) is 5.75 Å². The molecule has 0 bridgehead atoms. The molecule has 4 rings (SSSR count). The first-order valence-corrected chi connectivity index (χ1v) is 15.0. The molecule has 46 heavy (non-hydrogen) atoms. The fourth-order valence-electron chi connectivity index (χ4n) is 3.81. The standard InChI is InChI=1S/C27H29N3O3S.2C2H2O4/c1-30(17-16-29-34(31,32)27-13-7-11-24-21-28-15-14-25(24)27)18-19-33-26-12-6-5-10-23(26)20-22-8-3-2-4-9-22;2*3-1(4)2(5)6/h2-15,21,29H,16-20H2,1H3;2*(H,3,4)(H,5,6). The molecule has 0 spiro atoms. The van der Waals surface area contributed by atoms with Crippen LogP contribution in [-0.2, 0) is 35.6 Å². The van der Waals surface area contributed by atoms with Gasteiger partial charge in [0, 0.05) is 49.2 Å². The van der Waals surface area contributed by atoms with Crippen LogP contribution in [0.15, 0.2) is 96.2 Å². The van der Waals surface area contributed by atoms with Crippen molar-refractivity contribution < 1.29 is 52.8 Å². The molecule has 15 heteroatoms. The van der Waals surface area contributed by atoms with E-state index in [9.17, 15) is 8.42 Å². The van der Waals surface area contributed by atoms with Crippen LogP contribution in [0.3, 0.4) is 0 Å². The third-order valence-corrected chi connectivity index (χ3v) is 7.54. The second-order valence-corrected chi connectivity index (χ2v) is 11.1. The monoisotopic (exact) mass is 655 g/mol. The summed E-state index contributed by atoms with van der Waals surface area (Å²) in [5.41, 5.74) is 2.39. The average molecular weight is 656 g/mol. The van der Waals surface area contributed by atoms with Crippen LogP contribution < -0.4 is 9.46 Å². The number of aromatic nitrogens is 1. The van der Waals surface area contributed by atoms with Gasteiger partial charge in [0.2, 0.25) is 10.0 Å². The van der Waals surface area contributed by atoms with Gasteiger partial charge in [0.05, 0.1) is 4.90 Å². The van der Waals surface area contributed by atoms with E-state index in [1.807, 2.05) is 49.5 Å². The Balaban J connectivity index is 0.000000522. The third-order valence-electron chi connectivity index (χ3n) is 6.02. The number of pyridine rings is 1. The second-order valence-electron chi connectivity index (χ2n) is 9.39. The molecule has 0 aliphatic carbocycles. The van der Waals surface area contributed by atoms with Gasteiger partial charge in [-0.05, 0) is 36.4 Å². The van der Waals surface area contributed by atoms with Crippen LogP contribution in [0.2, 0.25) is 0 Å². The number of sulfonamides is 1. The number of hydrogen-bond acceptors (Lipinski definition) is 9. The van der Waals surface area contributed by atoms with E-state index < -0.39 is 33.9 Å². The number of aliphatic carboxylic acids is 4. The molecule has 0 amide bonds. The summed E-state index contributed by atoms with van der Waals surface area (Å²) < 4.78 is 34.4. The molecule has 1 heterocycles. The first-order chi connectivity index (χ1) is 21.8. The van der Waals surface area contributed by atoms with Crippen molar-refractivity contribution in [2.24, 2.45) is 0 Å². The van der Waals surface area contributed by atoms with Crippen molar-refractivity contribution in [3.63, 3.8) is 0 Å². The predicted molar refractivity (Wildman–Crippen MR) is 166 cm³/mol. The number of carboxylic acids is 4. The van der Waals surface area contributed by atoms with E-state index in [2.05, 4.69) is 32.8 Å². The normalized spacial score (nSPS) is 10.6. The summed E-state index contributed by atoms with van der Waals surface area (Å²) in [6, 6.07) is 25.3. The van der Waals surface area contributed by atoms with Crippen LogP contribution in [0.4, 0.5) is 0 Å². The lowest BCUT2D eigenvalue weighted by Crippen LogP contribution is -2.34. The minimum Gasteiger partial charge on any atom is -0.492 e. The Morgan fingerprint density at radius 2 is 1.39 bits per heavy atom. The summed E-state index contributed by atoms with van der Waals surface area (Å²) in [5.74, 6) is -6.42. The summed E-state index contributed by atoms with van der Waals surface area (Å²) in [6.45, 7) is 2.08. The van der Waals surface area contributed by atoms with Crippen LogP contribution in [0.25, 0.3) is 10.8 Å². The number of nitrogens with zero attached hydrogens (tertiary/aromatic N) is 2. The molecule has 0 aliphatic heterocycles. The Morgan fingerprint density at radius 1 is 0.783 bits per heavy atom. The van der Waals surface area contributed by atoms with Gasteiger partial charge in [-0.2, -0.15) is 0 Å². The van der Waals surface area contributed by atoms with E-state index in [4.69, 9.17) is 44.3 Å². The van der Waals surface area contributed by atoms with Crippen LogP contribution in [0.1, 0.15) is 11.1 Å². The first kappa shape index (κ1) is 36.8.